The van der Waals surface area contributed by atoms with Gasteiger partial charge in [-0.1, -0.05) is 29.8 Å². The molecule has 2 aromatic carbocycles. The van der Waals surface area contributed by atoms with Crippen molar-refractivity contribution in [2.45, 2.75) is 19.5 Å². The SMILES string of the molecule is CC(c1ccc(Cl)cc1)N(C)Cc1ccc(N)cc1F. The molecule has 0 amide bonds. The summed E-state index contributed by atoms with van der Waals surface area (Å²) in [5.41, 5.74) is 7.79. The summed E-state index contributed by atoms with van der Waals surface area (Å²) in [4.78, 5) is 2.08. The lowest BCUT2D eigenvalue weighted by atomic mass is 10.1. The molecule has 4 heteroatoms. The number of anilines is 1. The van der Waals surface area contributed by atoms with Crippen LogP contribution in [0.25, 0.3) is 0 Å². The first kappa shape index (κ1) is 14.8. The molecule has 1 atom stereocenters. The van der Waals surface area contributed by atoms with Crippen LogP contribution in [0.1, 0.15) is 24.1 Å². The molecule has 0 fully saturated rings. The molecule has 0 aliphatic heterocycles. The Hall–Kier alpha value is -1.58. The van der Waals surface area contributed by atoms with Crippen molar-refractivity contribution < 1.29 is 4.39 Å². The minimum Gasteiger partial charge on any atom is -0.399 e. The molecule has 0 aliphatic rings. The van der Waals surface area contributed by atoms with Gasteiger partial charge in [0.25, 0.3) is 0 Å². The lowest BCUT2D eigenvalue weighted by Gasteiger charge is -2.25. The number of benzene rings is 2. The van der Waals surface area contributed by atoms with E-state index in [1.54, 1.807) is 12.1 Å². The molecule has 0 saturated carbocycles. The van der Waals surface area contributed by atoms with Crippen LogP contribution in [0.5, 0.6) is 0 Å². The van der Waals surface area contributed by atoms with Crippen molar-refractivity contribution in [2.75, 3.05) is 12.8 Å². The summed E-state index contributed by atoms with van der Waals surface area (Å²) in [5, 5.41) is 0.716. The van der Waals surface area contributed by atoms with E-state index >= 15 is 0 Å². The van der Waals surface area contributed by atoms with Crippen LogP contribution in [0.15, 0.2) is 42.5 Å². The van der Waals surface area contributed by atoms with E-state index in [0.29, 0.717) is 22.8 Å². The van der Waals surface area contributed by atoms with E-state index in [4.69, 9.17) is 17.3 Å². The summed E-state index contributed by atoms with van der Waals surface area (Å²) in [6, 6.07) is 12.7. The molecule has 0 radical (unpaired) electrons. The van der Waals surface area contributed by atoms with Gasteiger partial charge in [-0.3, -0.25) is 4.90 Å². The van der Waals surface area contributed by atoms with Gasteiger partial charge in [0.1, 0.15) is 5.82 Å². The van der Waals surface area contributed by atoms with E-state index in [1.165, 1.54) is 6.07 Å². The second-order valence-corrected chi connectivity index (χ2v) is 5.43. The van der Waals surface area contributed by atoms with Crippen molar-refractivity contribution in [3.05, 3.63) is 64.4 Å². The van der Waals surface area contributed by atoms with Gasteiger partial charge in [0.2, 0.25) is 0 Å². The smallest absolute Gasteiger partial charge is 0.129 e. The molecular formula is C16H18ClFN2. The maximum absolute atomic E-state index is 13.8. The van der Waals surface area contributed by atoms with Crippen molar-refractivity contribution in [1.82, 2.24) is 4.90 Å². The first-order valence-corrected chi connectivity index (χ1v) is 6.85. The summed E-state index contributed by atoms with van der Waals surface area (Å²) in [7, 11) is 1.97. The number of nitrogens with two attached hydrogens (primary N) is 1. The molecule has 0 heterocycles. The average molecular weight is 293 g/mol. The summed E-state index contributed by atoms with van der Waals surface area (Å²) in [6.07, 6.45) is 0. The molecule has 0 saturated heterocycles. The minimum absolute atomic E-state index is 0.171. The predicted molar refractivity (Wildman–Crippen MR) is 82.1 cm³/mol. The van der Waals surface area contributed by atoms with Gasteiger partial charge >= 0.3 is 0 Å². The Bertz CT molecular complexity index is 584. The summed E-state index contributed by atoms with van der Waals surface area (Å²) in [5.74, 6) is -0.264. The second kappa shape index (κ2) is 6.25. The second-order valence-electron chi connectivity index (χ2n) is 4.99. The number of halogens is 2. The van der Waals surface area contributed by atoms with Gasteiger partial charge in [-0.25, -0.2) is 4.39 Å². The lowest BCUT2D eigenvalue weighted by molar-refractivity contribution is 0.249. The van der Waals surface area contributed by atoms with Crippen molar-refractivity contribution in [1.29, 1.82) is 0 Å². The quantitative estimate of drug-likeness (QED) is 0.854. The molecule has 2 nitrogen and oxygen atoms in total. The molecule has 2 rings (SSSR count). The van der Waals surface area contributed by atoms with E-state index in [9.17, 15) is 4.39 Å². The van der Waals surface area contributed by atoms with Gasteiger partial charge in [-0.2, -0.15) is 0 Å². The van der Waals surface area contributed by atoms with Gasteiger partial charge < -0.3 is 5.73 Å². The van der Waals surface area contributed by atoms with E-state index in [-0.39, 0.29) is 11.9 Å². The summed E-state index contributed by atoms with van der Waals surface area (Å²) >= 11 is 5.89. The molecule has 2 aromatic rings. The molecule has 20 heavy (non-hydrogen) atoms. The lowest BCUT2D eigenvalue weighted by Crippen LogP contribution is -2.22. The first-order chi connectivity index (χ1) is 9.47. The van der Waals surface area contributed by atoms with Crippen molar-refractivity contribution in [2.24, 2.45) is 0 Å². The topological polar surface area (TPSA) is 29.3 Å². The number of nitrogen functional groups attached to an aromatic ring is 1. The summed E-state index contributed by atoms with van der Waals surface area (Å²) < 4.78 is 13.8. The Balaban J connectivity index is 2.11. The number of hydrogen-bond acceptors (Lipinski definition) is 2. The van der Waals surface area contributed by atoms with Crippen LogP contribution in [-0.2, 0) is 6.54 Å². The first-order valence-electron chi connectivity index (χ1n) is 6.47. The molecule has 0 aliphatic carbocycles. The highest BCUT2D eigenvalue weighted by molar-refractivity contribution is 6.30. The molecule has 1 unspecified atom stereocenters. The summed E-state index contributed by atoms with van der Waals surface area (Å²) in [6.45, 7) is 2.61. The third-order valence-corrected chi connectivity index (χ3v) is 3.76. The molecule has 0 spiro atoms. The van der Waals surface area contributed by atoms with Gasteiger partial charge in [-0.05, 0) is 43.8 Å². The van der Waals surface area contributed by atoms with Crippen LogP contribution in [0.2, 0.25) is 5.02 Å². The van der Waals surface area contributed by atoms with Crippen LogP contribution in [0.4, 0.5) is 10.1 Å². The van der Waals surface area contributed by atoms with Gasteiger partial charge in [0, 0.05) is 28.9 Å². The fourth-order valence-electron chi connectivity index (χ4n) is 2.09. The third-order valence-electron chi connectivity index (χ3n) is 3.51. The highest BCUT2D eigenvalue weighted by Gasteiger charge is 2.13. The fourth-order valence-corrected chi connectivity index (χ4v) is 2.22. The Labute approximate surface area is 124 Å². The highest BCUT2D eigenvalue weighted by atomic mass is 35.5. The maximum atomic E-state index is 13.8. The van der Waals surface area contributed by atoms with Gasteiger partial charge in [-0.15, -0.1) is 0 Å². The minimum atomic E-state index is -0.264. The van der Waals surface area contributed by atoms with Gasteiger partial charge in [0.15, 0.2) is 0 Å². The maximum Gasteiger partial charge on any atom is 0.129 e. The number of hydrogen-bond donors (Lipinski definition) is 1. The van der Waals surface area contributed by atoms with Crippen LogP contribution >= 0.6 is 11.6 Å². The van der Waals surface area contributed by atoms with Crippen molar-refractivity contribution >= 4 is 17.3 Å². The predicted octanol–water partition coefficient (Wildman–Crippen LogP) is 4.25. The van der Waals surface area contributed by atoms with E-state index in [1.807, 2.05) is 31.3 Å². The normalized spacial score (nSPS) is 12.7. The standard InChI is InChI=1S/C16H18ClFN2/c1-11(12-3-6-14(17)7-4-12)20(2)10-13-5-8-15(19)9-16(13)18/h3-9,11H,10,19H2,1-2H3. The monoisotopic (exact) mass is 292 g/mol. The van der Waals surface area contributed by atoms with E-state index < -0.39 is 0 Å². The van der Waals surface area contributed by atoms with Crippen molar-refractivity contribution in [3.8, 4) is 0 Å². The zero-order valence-corrected chi connectivity index (χ0v) is 12.4. The van der Waals surface area contributed by atoms with Crippen LogP contribution in [0.3, 0.4) is 0 Å². The van der Waals surface area contributed by atoms with Crippen molar-refractivity contribution in [3.63, 3.8) is 0 Å². The Morgan fingerprint density at radius 1 is 1.20 bits per heavy atom. The Morgan fingerprint density at radius 3 is 2.45 bits per heavy atom. The fraction of sp³-hybridized carbons (Fsp3) is 0.250. The van der Waals surface area contributed by atoms with E-state index in [0.717, 1.165) is 5.56 Å². The largest absolute Gasteiger partial charge is 0.399 e. The van der Waals surface area contributed by atoms with E-state index in [2.05, 4.69) is 11.8 Å². The van der Waals surface area contributed by atoms with Crippen LogP contribution in [0, 0.1) is 5.82 Å². The Kier molecular flexibility index (Phi) is 4.63. The van der Waals surface area contributed by atoms with Crippen LogP contribution < -0.4 is 5.73 Å². The Morgan fingerprint density at radius 2 is 1.85 bits per heavy atom. The zero-order chi connectivity index (χ0) is 14.7. The molecule has 106 valence electrons. The molecule has 0 bridgehead atoms. The number of nitrogens with zero attached hydrogens (tertiary/aromatic N) is 1. The molecule has 2 N–H and O–H groups in total. The zero-order valence-electron chi connectivity index (χ0n) is 11.6. The molecule has 0 aromatic heterocycles. The average Bonchev–Trinajstić information content (AvgIpc) is 2.42. The van der Waals surface area contributed by atoms with Crippen LogP contribution in [-0.4, -0.2) is 11.9 Å². The molecular weight excluding hydrogens is 275 g/mol. The highest BCUT2D eigenvalue weighted by Crippen LogP contribution is 2.23. The van der Waals surface area contributed by atoms with Gasteiger partial charge in [0.05, 0.1) is 0 Å². The third kappa shape index (κ3) is 3.50. The number of rotatable bonds is 4.